The van der Waals surface area contributed by atoms with E-state index in [4.69, 9.17) is 11.6 Å². The van der Waals surface area contributed by atoms with Crippen LogP contribution in [0.3, 0.4) is 0 Å². The molecule has 0 bridgehead atoms. The maximum Gasteiger partial charge on any atom is 0.229 e. The van der Waals surface area contributed by atoms with Crippen molar-refractivity contribution >= 4 is 33.0 Å². The molecule has 0 aliphatic carbocycles. The van der Waals surface area contributed by atoms with Gasteiger partial charge in [0.1, 0.15) is 5.82 Å². The van der Waals surface area contributed by atoms with Crippen molar-refractivity contribution in [3.63, 3.8) is 0 Å². The fourth-order valence-corrected chi connectivity index (χ4v) is 4.01. The SMILES string of the molecule is Cc1c(NS(C)(=O)=O)cccc1N(Cc1ccccc1)Cc1ccc(F)cc1Cl. The maximum atomic E-state index is 13.5. The van der Waals surface area contributed by atoms with Crippen LogP contribution in [0.1, 0.15) is 16.7 Å². The maximum absolute atomic E-state index is 13.5. The molecule has 1 N–H and O–H groups in total. The molecule has 3 aromatic carbocycles. The van der Waals surface area contributed by atoms with Crippen LogP contribution in [0.15, 0.2) is 66.7 Å². The van der Waals surface area contributed by atoms with Gasteiger partial charge in [0.05, 0.1) is 11.9 Å². The summed E-state index contributed by atoms with van der Waals surface area (Å²) in [7, 11) is -3.40. The van der Waals surface area contributed by atoms with Crippen LogP contribution in [0.4, 0.5) is 15.8 Å². The highest BCUT2D eigenvalue weighted by atomic mass is 35.5. The Hall–Kier alpha value is -2.57. The number of hydrogen-bond donors (Lipinski definition) is 1. The van der Waals surface area contributed by atoms with Gasteiger partial charge in [-0.25, -0.2) is 12.8 Å². The minimum Gasteiger partial charge on any atom is -0.363 e. The highest BCUT2D eigenvalue weighted by Gasteiger charge is 2.16. The number of benzene rings is 3. The number of anilines is 2. The van der Waals surface area contributed by atoms with E-state index in [1.807, 2.05) is 43.3 Å². The molecule has 0 heterocycles. The van der Waals surface area contributed by atoms with Crippen molar-refractivity contribution in [2.75, 3.05) is 15.9 Å². The molecule has 0 saturated carbocycles. The van der Waals surface area contributed by atoms with E-state index in [-0.39, 0.29) is 5.82 Å². The highest BCUT2D eigenvalue weighted by molar-refractivity contribution is 7.92. The van der Waals surface area contributed by atoms with E-state index in [0.717, 1.165) is 28.6 Å². The first-order valence-corrected chi connectivity index (χ1v) is 11.3. The Kier molecular flexibility index (Phi) is 6.45. The minimum absolute atomic E-state index is 0.353. The summed E-state index contributed by atoms with van der Waals surface area (Å²) < 4.78 is 39.5. The van der Waals surface area contributed by atoms with Crippen molar-refractivity contribution in [3.05, 3.63) is 94.3 Å². The van der Waals surface area contributed by atoms with Gasteiger partial charge in [-0.3, -0.25) is 4.72 Å². The predicted molar refractivity (Wildman–Crippen MR) is 117 cm³/mol. The lowest BCUT2D eigenvalue weighted by Crippen LogP contribution is -2.24. The van der Waals surface area contributed by atoms with E-state index in [0.29, 0.717) is 23.8 Å². The lowest BCUT2D eigenvalue weighted by molar-refractivity contribution is 0.606. The highest BCUT2D eigenvalue weighted by Crippen LogP contribution is 2.31. The van der Waals surface area contributed by atoms with Gasteiger partial charge in [-0.05, 0) is 47.9 Å². The van der Waals surface area contributed by atoms with Crippen LogP contribution in [0.2, 0.25) is 5.02 Å². The molecule has 152 valence electrons. The fraction of sp³-hybridized carbons (Fsp3) is 0.182. The number of nitrogens with zero attached hydrogens (tertiary/aromatic N) is 1. The van der Waals surface area contributed by atoms with Crippen LogP contribution >= 0.6 is 11.6 Å². The molecule has 4 nitrogen and oxygen atoms in total. The van der Waals surface area contributed by atoms with Crippen LogP contribution in [0, 0.1) is 12.7 Å². The molecular weight excluding hydrogens is 411 g/mol. The molecule has 0 amide bonds. The van der Waals surface area contributed by atoms with Gasteiger partial charge in [0.2, 0.25) is 10.0 Å². The van der Waals surface area contributed by atoms with Gasteiger partial charge >= 0.3 is 0 Å². The molecule has 0 aliphatic heterocycles. The second kappa shape index (κ2) is 8.84. The normalized spacial score (nSPS) is 11.3. The predicted octanol–water partition coefficient (Wildman–Crippen LogP) is 5.37. The van der Waals surface area contributed by atoms with Crippen molar-refractivity contribution in [3.8, 4) is 0 Å². The van der Waals surface area contributed by atoms with Gasteiger partial charge in [-0.1, -0.05) is 54.1 Å². The molecule has 0 unspecified atom stereocenters. The molecule has 3 rings (SSSR count). The molecule has 0 spiro atoms. The molecule has 7 heteroatoms. The molecule has 0 aromatic heterocycles. The largest absolute Gasteiger partial charge is 0.363 e. The Balaban J connectivity index is 2.02. The van der Waals surface area contributed by atoms with E-state index in [1.165, 1.54) is 12.1 Å². The summed E-state index contributed by atoms with van der Waals surface area (Å²) in [6.45, 7) is 2.89. The first-order valence-electron chi connectivity index (χ1n) is 9.03. The van der Waals surface area contributed by atoms with Crippen LogP contribution in [-0.4, -0.2) is 14.7 Å². The van der Waals surface area contributed by atoms with Gasteiger partial charge in [0.25, 0.3) is 0 Å². The van der Waals surface area contributed by atoms with Crippen molar-refractivity contribution in [1.29, 1.82) is 0 Å². The van der Waals surface area contributed by atoms with Crippen molar-refractivity contribution < 1.29 is 12.8 Å². The molecule has 0 fully saturated rings. The Morgan fingerprint density at radius 1 is 1.00 bits per heavy atom. The van der Waals surface area contributed by atoms with Crippen LogP contribution in [0.25, 0.3) is 0 Å². The fourth-order valence-electron chi connectivity index (χ4n) is 3.16. The van der Waals surface area contributed by atoms with Gasteiger partial charge in [0.15, 0.2) is 0 Å². The van der Waals surface area contributed by atoms with E-state index in [1.54, 1.807) is 18.2 Å². The van der Waals surface area contributed by atoms with Crippen molar-refractivity contribution in [2.45, 2.75) is 20.0 Å². The van der Waals surface area contributed by atoms with Crippen LogP contribution in [0.5, 0.6) is 0 Å². The number of rotatable bonds is 7. The van der Waals surface area contributed by atoms with Crippen molar-refractivity contribution in [2.24, 2.45) is 0 Å². The molecule has 0 atom stereocenters. The quantitative estimate of drug-likeness (QED) is 0.546. The van der Waals surface area contributed by atoms with E-state index >= 15 is 0 Å². The average Bonchev–Trinajstić information content (AvgIpc) is 2.65. The van der Waals surface area contributed by atoms with Crippen LogP contribution in [-0.2, 0) is 23.1 Å². The first-order chi connectivity index (χ1) is 13.7. The molecule has 29 heavy (non-hydrogen) atoms. The second-order valence-electron chi connectivity index (χ2n) is 6.90. The standard InChI is InChI=1S/C22H22ClFN2O2S/c1-16-21(25-29(2,27)28)9-6-10-22(16)26(14-17-7-4-3-5-8-17)15-18-11-12-19(24)13-20(18)23/h3-13,25H,14-15H2,1-2H3. The third-order valence-electron chi connectivity index (χ3n) is 4.53. The lowest BCUT2D eigenvalue weighted by atomic mass is 10.1. The summed E-state index contributed by atoms with van der Waals surface area (Å²) >= 11 is 6.26. The first kappa shape index (κ1) is 21.1. The number of halogens is 2. The summed E-state index contributed by atoms with van der Waals surface area (Å²) in [6.07, 6.45) is 1.12. The van der Waals surface area contributed by atoms with Gasteiger partial charge in [-0.2, -0.15) is 0 Å². The molecule has 0 aliphatic rings. The van der Waals surface area contributed by atoms with E-state index in [9.17, 15) is 12.8 Å². The van der Waals surface area contributed by atoms with Crippen molar-refractivity contribution in [1.82, 2.24) is 0 Å². The third-order valence-corrected chi connectivity index (χ3v) is 5.48. The smallest absolute Gasteiger partial charge is 0.229 e. The third kappa shape index (κ3) is 5.71. The number of nitrogens with one attached hydrogen (secondary N) is 1. The Labute approximate surface area is 176 Å². The van der Waals surface area contributed by atoms with Gasteiger partial charge < -0.3 is 4.90 Å². The summed E-state index contributed by atoms with van der Waals surface area (Å²) in [5.74, 6) is -0.385. The average molecular weight is 433 g/mol. The second-order valence-corrected chi connectivity index (χ2v) is 9.06. The van der Waals surface area contributed by atoms with Crippen LogP contribution < -0.4 is 9.62 Å². The zero-order valence-electron chi connectivity index (χ0n) is 16.2. The summed E-state index contributed by atoms with van der Waals surface area (Å²) in [6, 6.07) is 19.7. The Bertz CT molecular complexity index is 1110. The number of hydrogen-bond acceptors (Lipinski definition) is 3. The Morgan fingerprint density at radius 3 is 2.38 bits per heavy atom. The molecular formula is C22H22ClFN2O2S. The molecule has 0 saturated heterocycles. The lowest BCUT2D eigenvalue weighted by Gasteiger charge is -2.28. The molecule has 0 radical (unpaired) electrons. The van der Waals surface area contributed by atoms with E-state index in [2.05, 4.69) is 9.62 Å². The zero-order chi connectivity index (χ0) is 21.0. The Morgan fingerprint density at radius 2 is 1.72 bits per heavy atom. The minimum atomic E-state index is -3.40. The summed E-state index contributed by atoms with van der Waals surface area (Å²) in [5.41, 5.74) is 4.06. The van der Waals surface area contributed by atoms with Gasteiger partial charge in [-0.15, -0.1) is 0 Å². The monoisotopic (exact) mass is 432 g/mol. The topological polar surface area (TPSA) is 49.4 Å². The summed E-state index contributed by atoms with van der Waals surface area (Å²) in [4.78, 5) is 2.09. The molecule has 3 aromatic rings. The summed E-state index contributed by atoms with van der Waals surface area (Å²) in [5, 5.41) is 0.353. The van der Waals surface area contributed by atoms with Gasteiger partial charge in [0, 0.05) is 23.8 Å². The zero-order valence-corrected chi connectivity index (χ0v) is 17.8. The number of sulfonamides is 1. The van der Waals surface area contributed by atoms with E-state index < -0.39 is 10.0 Å².